The highest BCUT2D eigenvalue weighted by molar-refractivity contribution is 6.05. The number of para-hydroxylation sites is 1. The van der Waals surface area contributed by atoms with Crippen LogP contribution in [-0.2, 0) is 9.53 Å². The Kier molecular flexibility index (Phi) is 6.57. The maximum absolute atomic E-state index is 12.7. The average molecular weight is 404 g/mol. The molecule has 3 aromatic rings. The second-order valence-electron chi connectivity index (χ2n) is 7.24. The van der Waals surface area contributed by atoms with Gasteiger partial charge < -0.3 is 10.1 Å². The Bertz CT molecular complexity index is 1090. The van der Waals surface area contributed by atoms with Gasteiger partial charge in [0, 0.05) is 28.8 Å². The van der Waals surface area contributed by atoms with E-state index >= 15 is 0 Å². The number of aromatic nitrogens is 1. The van der Waals surface area contributed by atoms with E-state index in [0.717, 1.165) is 5.69 Å². The summed E-state index contributed by atoms with van der Waals surface area (Å²) in [6.45, 7) is 5.40. The van der Waals surface area contributed by atoms with Crippen LogP contribution in [0.25, 0.3) is 10.9 Å². The molecule has 0 unspecified atom stereocenters. The Morgan fingerprint density at radius 2 is 1.73 bits per heavy atom. The van der Waals surface area contributed by atoms with Crippen LogP contribution in [0.2, 0.25) is 0 Å². The summed E-state index contributed by atoms with van der Waals surface area (Å²) in [6.07, 6.45) is 0.374. The number of Topliss-reactive ketones (excluding diaryl/α,β-unsaturated/α-hetero) is 1. The molecule has 3 rings (SSSR count). The molecule has 0 spiro atoms. The highest BCUT2D eigenvalue weighted by Gasteiger charge is 2.17. The lowest BCUT2D eigenvalue weighted by Crippen LogP contribution is -2.15. The normalized spacial score (nSPS) is 10.8. The monoisotopic (exact) mass is 404 g/mol. The molecular weight excluding hydrogens is 380 g/mol. The number of hydrogen-bond acceptors (Lipinski definition) is 5. The first-order valence-electron chi connectivity index (χ1n) is 9.89. The zero-order valence-corrected chi connectivity index (χ0v) is 17.3. The molecule has 6 nitrogen and oxygen atoms in total. The molecule has 1 aromatic heterocycles. The number of amides is 1. The topological polar surface area (TPSA) is 85.4 Å². The summed E-state index contributed by atoms with van der Waals surface area (Å²) < 4.78 is 5.31. The van der Waals surface area contributed by atoms with Crippen molar-refractivity contribution in [2.45, 2.75) is 33.1 Å². The Labute approximate surface area is 175 Å². The van der Waals surface area contributed by atoms with Crippen molar-refractivity contribution in [3.63, 3.8) is 0 Å². The van der Waals surface area contributed by atoms with Gasteiger partial charge in [-0.2, -0.15) is 0 Å². The van der Waals surface area contributed by atoms with Crippen LogP contribution in [0.5, 0.6) is 0 Å². The lowest BCUT2D eigenvalue weighted by molar-refractivity contribution is -0.115. The molecule has 0 bridgehead atoms. The molecule has 0 saturated heterocycles. The fraction of sp³-hybridized carbons (Fsp3) is 0.250. The second kappa shape index (κ2) is 9.31. The summed E-state index contributed by atoms with van der Waals surface area (Å²) in [6, 6.07) is 15.6. The number of nitrogens with zero attached hydrogens (tertiary/aromatic N) is 1. The summed E-state index contributed by atoms with van der Waals surface area (Å²) in [5, 5.41) is 3.41. The highest BCUT2D eigenvalue weighted by Crippen LogP contribution is 2.23. The second-order valence-corrected chi connectivity index (χ2v) is 7.24. The van der Waals surface area contributed by atoms with Gasteiger partial charge in [0.25, 0.3) is 0 Å². The molecule has 0 aliphatic heterocycles. The van der Waals surface area contributed by atoms with Gasteiger partial charge in [0.1, 0.15) is 0 Å². The van der Waals surface area contributed by atoms with Gasteiger partial charge in [0.05, 0.1) is 11.1 Å². The average Bonchev–Trinajstić information content (AvgIpc) is 2.76. The number of benzene rings is 2. The molecule has 0 atom stereocenters. The van der Waals surface area contributed by atoms with Crippen molar-refractivity contribution >= 4 is 34.3 Å². The molecule has 0 aliphatic carbocycles. The summed E-state index contributed by atoms with van der Waals surface area (Å²) in [5.41, 5.74) is 2.91. The molecule has 1 N–H and O–H groups in total. The molecule has 0 aliphatic rings. The van der Waals surface area contributed by atoms with Crippen molar-refractivity contribution in [1.82, 2.24) is 4.98 Å². The van der Waals surface area contributed by atoms with Gasteiger partial charge in [-0.25, -0.2) is 4.79 Å². The molecule has 6 heteroatoms. The number of carbonyl (C=O) groups excluding carboxylic acids is 3. The van der Waals surface area contributed by atoms with Crippen LogP contribution in [0.15, 0.2) is 54.6 Å². The number of pyridine rings is 1. The van der Waals surface area contributed by atoms with E-state index in [2.05, 4.69) is 10.3 Å². The standard InChI is InChI=1S/C24H24N2O4/c1-4-23(28)25-17-11-9-16(10-12-17)22(27)14-30-24(29)19-13-21(15(2)3)26-20-8-6-5-7-18(19)20/h5-13,15H,4,14H2,1-3H3,(H,25,28). The van der Waals surface area contributed by atoms with E-state index in [1.165, 1.54) is 0 Å². The van der Waals surface area contributed by atoms with Crippen LogP contribution in [0.4, 0.5) is 5.69 Å². The van der Waals surface area contributed by atoms with Crippen molar-refractivity contribution in [2.24, 2.45) is 0 Å². The predicted molar refractivity (Wildman–Crippen MR) is 116 cm³/mol. The highest BCUT2D eigenvalue weighted by atomic mass is 16.5. The fourth-order valence-electron chi connectivity index (χ4n) is 2.94. The van der Waals surface area contributed by atoms with Gasteiger partial charge in [-0.05, 0) is 42.3 Å². The summed E-state index contributed by atoms with van der Waals surface area (Å²) >= 11 is 0. The van der Waals surface area contributed by atoms with Crippen molar-refractivity contribution in [2.75, 3.05) is 11.9 Å². The fourth-order valence-corrected chi connectivity index (χ4v) is 2.94. The lowest BCUT2D eigenvalue weighted by atomic mass is 10.0. The third-order valence-electron chi connectivity index (χ3n) is 4.69. The van der Waals surface area contributed by atoms with E-state index in [1.54, 1.807) is 37.3 Å². The predicted octanol–water partition coefficient (Wildman–Crippen LogP) is 4.75. The minimum absolute atomic E-state index is 0.103. The van der Waals surface area contributed by atoms with Crippen molar-refractivity contribution in [3.8, 4) is 0 Å². The molecule has 0 radical (unpaired) electrons. The van der Waals surface area contributed by atoms with Crippen LogP contribution in [-0.4, -0.2) is 29.3 Å². The summed E-state index contributed by atoms with van der Waals surface area (Å²) in [5.74, 6) is -0.835. The van der Waals surface area contributed by atoms with E-state index < -0.39 is 5.97 Å². The summed E-state index contributed by atoms with van der Waals surface area (Å²) in [4.78, 5) is 41.2. The van der Waals surface area contributed by atoms with Crippen LogP contribution in [0.1, 0.15) is 59.5 Å². The molecule has 154 valence electrons. The maximum atomic E-state index is 12.7. The van der Waals surface area contributed by atoms with E-state index in [4.69, 9.17) is 4.74 Å². The smallest absolute Gasteiger partial charge is 0.339 e. The van der Waals surface area contributed by atoms with Crippen LogP contribution in [0, 0.1) is 0 Å². The van der Waals surface area contributed by atoms with Gasteiger partial charge in [-0.15, -0.1) is 0 Å². The Morgan fingerprint density at radius 1 is 1.03 bits per heavy atom. The van der Waals surface area contributed by atoms with Crippen LogP contribution >= 0.6 is 0 Å². The molecule has 0 saturated carbocycles. The van der Waals surface area contributed by atoms with E-state index in [0.29, 0.717) is 34.1 Å². The Hall–Kier alpha value is -3.54. The number of fused-ring (bicyclic) bond motifs is 1. The maximum Gasteiger partial charge on any atom is 0.339 e. The first kappa shape index (κ1) is 21.2. The lowest BCUT2D eigenvalue weighted by Gasteiger charge is -2.11. The number of esters is 1. The molecule has 30 heavy (non-hydrogen) atoms. The summed E-state index contributed by atoms with van der Waals surface area (Å²) in [7, 11) is 0. The van der Waals surface area contributed by atoms with E-state index in [1.807, 2.05) is 38.1 Å². The minimum atomic E-state index is -0.560. The number of anilines is 1. The SMILES string of the molecule is CCC(=O)Nc1ccc(C(=O)COC(=O)c2cc(C(C)C)nc3ccccc23)cc1. The molecule has 2 aromatic carbocycles. The number of carbonyl (C=O) groups is 3. The molecular formula is C24H24N2O4. The number of rotatable bonds is 7. The van der Waals surface area contributed by atoms with Crippen LogP contribution in [0.3, 0.4) is 0 Å². The zero-order chi connectivity index (χ0) is 21.7. The van der Waals surface area contributed by atoms with Crippen molar-refractivity contribution in [3.05, 3.63) is 71.4 Å². The first-order valence-corrected chi connectivity index (χ1v) is 9.89. The van der Waals surface area contributed by atoms with Crippen LogP contribution < -0.4 is 5.32 Å². The Balaban J connectivity index is 1.72. The van der Waals surface area contributed by atoms with Crippen molar-refractivity contribution in [1.29, 1.82) is 0 Å². The third-order valence-corrected chi connectivity index (χ3v) is 4.69. The first-order chi connectivity index (χ1) is 14.4. The van der Waals surface area contributed by atoms with Gasteiger partial charge in [-0.3, -0.25) is 14.6 Å². The quantitative estimate of drug-likeness (QED) is 0.454. The minimum Gasteiger partial charge on any atom is -0.454 e. The number of hydrogen-bond donors (Lipinski definition) is 1. The van der Waals surface area contributed by atoms with E-state index in [9.17, 15) is 14.4 Å². The van der Waals surface area contributed by atoms with Gasteiger partial charge in [0.2, 0.25) is 5.91 Å². The molecule has 1 heterocycles. The largest absolute Gasteiger partial charge is 0.454 e. The van der Waals surface area contributed by atoms with Gasteiger partial charge in [0.15, 0.2) is 12.4 Å². The third kappa shape index (κ3) is 4.89. The van der Waals surface area contributed by atoms with Gasteiger partial charge >= 0.3 is 5.97 Å². The number of nitrogens with one attached hydrogen (secondary N) is 1. The van der Waals surface area contributed by atoms with Crippen molar-refractivity contribution < 1.29 is 19.1 Å². The van der Waals surface area contributed by atoms with Gasteiger partial charge in [-0.1, -0.05) is 39.0 Å². The molecule has 0 fully saturated rings. The molecule has 1 amide bonds. The Morgan fingerprint density at radius 3 is 2.40 bits per heavy atom. The van der Waals surface area contributed by atoms with E-state index in [-0.39, 0.29) is 24.2 Å². The zero-order valence-electron chi connectivity index (χ0n) is 17.3. The number of ether oxygens (including phenoxy) is 1. The number of ketones is 1.